The van der Waals surface area contributed by atoms with Crippen LogP contribution in [0.15, 0.2) is 36.7 Å². The van der Waals surface area contributed by atoms with Crippen LogP contribution in [0.5, 0.6) is 0 Å². The molecule has 0 saturated carbocycles. The predicted molar refractivity (Wildman–Crippen MR) is 134 cm³/mol. The molecule has 1 aliphatic rings. The van der Waals surface area contributed by atoms with Crippen LogP contribution in [0.3, 0.4) is 0 Å². The van der Waals surface area contributed by atoms with E-state index in [1.54, 1.807) is 13.3 Å². The Morgan fingerprint density at radius 3 is 2.65 bits per heavy atom. The highest BCUT2D eigenvalue weighted by Crippen LogP contribution is 2.39. The summed E-state index contributed by atoms with van der Waals surface area (Å²) in [6.07, 6.45) is 3.13. The number of fused-ring (bicyclic) bond motifs is 2. The molecule has 0 aliphatic carbocycles. The van der Waals surface area contributed by atoms with Gasteiger partial charge in [-0.3, -0.25) is 4.79 Å². The summed E-state index contributed by atoms with van der Waals surface area (Å²) in [5.41, 5.74) is 7.86. The Labute approximate surface area is 199 Å². The quantitative estimate of drug-likeness (QED) is 0.449. The molecule has 0 radical (unpaired) electrons. The Bertz CT molecular complexity index is 1340. The molecule has 1 saturated heterocycles. The Balaban J connectivity index is 1.48. The van der Waals surface area contributed by atoms with Gasteiger partial charge in [-0.1, -0.05) is 19.9 Å². The number of aliphatic hydroxyl groups is 1. The molecule has 2 N–H and O–H groups in total. The number of carbonyl (C=O) groups is 1. The topological polar surface area (TPSA) is 86.5 Å². The molecule has 34 heavy (non-hydrogen) atoms. The molecule has 1 aliphatic heterocycles. The summed E-state index contributed by atoms with van der Waals surface area (Å²) in [5.74, 6) is 0.823. The number of benzene rings is 1. The third kappa shape index (κ3) is 3.98. The van der Waals surface area contributed by atoms with Gasteiger partial charge in [0.05, 0.1) is 18.2 Å². The van der Waals surface area contributed by atoms with E-state index in [0.717, 1.165) is 54.0 Å². The molecule has 1 fully saturated rings. The molecule has 0 unspecified atom stereocenters. The average molecular weight is 460 g/mol. The minimum Gasteiger partial charge on any atom is -0.393 e. The molecule has 4 aromatic rings. The number of aromatic nitrogens is 4. The minimum atomic E-state index is -0.586. The minimum absolute atomic E-state index is 0.0548. The lowest BCUT2D eigenvalue weighted by molar-refractivity contribution is -0.134. The van der Waals surface area contributed by atoms with E-state index in [2.05, 4.69) is 59.2 Å². The fraction of sp³-hybridized carbons (Fsp3) is 0.444. The number of aryl methyl sites for hydroxylation is 1. The maximum atomic E-state index is 12.3. The molecule has 4 heterocycles. The van der Waals surface area contributed by atoms with Crippen molar-refractivity contribution >= 4 is 22.5 Å². The van der Waals surface area contributed by atoms with Crippen molar-refractivity contribution in [3.8, 4) is 11.3 Å². The lowest BCUT2D eigenvalue weighted by atomic mass is 9.87. The molecule has 178 valence electrons. The lowest BCUT2D eigenvalue weighted by Gasteiger charge is -2.32. The van der Waals surface area contributed by atoms with Crippen LogP contribution in [0.25, 0.3) is 27.8 Å². The van der Waals surface area contributed by atoms with Gasteiger partial charge in [0.1, 0.15) is 6.33 Å². The van der Waals surface area contributed by atoms with Gasteiger partial charge >= 0.3 is 0 Å². The summed E-state index contributed by atoms with van der Waals surface area (Å²) in [6, 6.07) is 11.0. The van der Waals surface area contributed by atoms with Gasteiger partial charge in [0, 0.05) is 35.2 Å². The zero-order valence-corrected chi connectivity index (χ0v) is 20.4. The van der Waals surface area contributed by atoms with E-state index < -0.39 is 6.10 Å². The van der Waals surface area contributed by atoms with E-state index in [1.807, 2.05) is 16.3 Å². The Hall–Kier alpha value is -3.19. The van der Waals surface area contributed by atoms with E-state index in [4.69, 9.17) is 0 Å². The summed E-state index contributed by atoms with van der Waals surface area (Å²) in [4.78, 5) is 22.4. The summed E-state index contributed by atoms with van der Waals surface area (Å²) in [6.45, 7) is 9.67. The number of nitrogens with zero attached hydrogens (tertiary/aromatic N) is 4. The summed E-state index contributed by atoms with van der Waals surface area (Å²) >= 11 is 0. The number of rotatable bonds is 5. The highest BCUT2D eigenvalue weighted by atomic mass is 16.3. The van der Waals surface area contributed by atoms with Crippen molar-refractivity contribution in [2.45, 2.75) is 64.9 Å². The van der Waals surface area contributed by atoms with Crippen molar-refractivity contribution < 1.29 is 9.90 Å². The molecule has 1 atom stereocenters. The first-order valence-corrected chi connectivity index (χ1v) is 12.2. The maximum Gasteiger partial charge on any atom is 0.225 e. The number of carbonyl (C=O) groups excluding carboxylic acids is 1. The molecule has 3 aromatic heterocycles. The fourth-order valence-electron chi connectivity index (χ4n) is 5.37. The van der Waals surface area contributed by atoms with Gasteiger partial charge in [0.25, 0.3) is 0 Å². The summed E-state index contributed by atoms with van der Waals surface area (Å²) in [7, 11) is 0. The number of amides is 1. The number of aromatic amines is 1. The molecule has 7 heteroatoms. The number of nitrogens with one attached hydrogen (secondary N) is 1. The lowest BCUT2D eigenvalue weighted by Crippen LogP contribution is -2.39. The summed E-state index contributed by atoms with van der Waals surface area (Å²) < 4.78 is 1.89. The van der Waals surface area contributed by atoms with Crippen LogP contribution in [0.4, 0.5) is 0 Å². The van der Waals surface area contributed by atoms with Crippen LogP contribution in [0, 0.1) is 6.92 Å². The van der Waals surface area contributed by atoms with Gasteiger partial charge in [0.15, 0.2) is 5.65 Å². The smallest absolute Gasteiger partial charge is 0.225 e. The maximum absolute atomic E-state index is 12.3. The Morgan fingerprint density at radius 1 is 1.18 bits per heavy atom. The molecule has 0 spiro atoms. The Morgan fingerprint density at radius 2 is 1.94 bits per heavy atom. The number of likely N-dealkylation sites (tertiary alicyclic amines) is 1. The zero-order valence-electron chi connectivity index (χ0n) is 20.4. The van der Waals surface area contributed by atoms with Crippen molar-refractivity contribution in [1.29, 1.82) is 0 Å². The van der Waals surface area contributed by atoms with Crippen LogP contribution >= 0.6 is 0 Å². The molecular weight excluding hydrogens is 426 g/mol. The van der Waals surface area contributed by atoms with Crippen molar-refractivity contribution in [2.24, 2.45) is 0 Å². The van der Waals surface area contributed by atoms with Gasteiger partial charge in [-0.05, 0) is 73.9 Å². The van der Waals surface area contributed by atoms with E-state index in [-0.39, 0.29) is 12.3 Å². The monoisotopic (exact) mass is 459 g/mol. The second-order valence-electron chi connectivity index (χ2n) is 9.97. The largest absolute Gasteiger partial charge is 0.393 e. The fourth-order valence-corrected chi connectivity index (χ4v) is 5.37. The normalized spacial score (nSPS) is 16.1. The van der Waals surface area contributed by atoms with Crippen molar-refractivity contribution in [2.75, 3.05) is 13.1 Å². The SMILES string of the molecule is Cc1ccc(-c2[nH]c3ccc(C4CCN(C(=O)C[C@H](C)O)CC4)cc3c2C(C)C)c2ncnn12. The second-order valence-corrected chi connectivity index (χ2v) is 9.97. The van der Waals surface area contributed by atoms with Crippen LogP contribution in [-0.2, 0) is 4.79 Å². The van der Waals surface area contributed by atoms with E-state index in [9.17, 15) is 9.90 Å². The third-order valence-corrected chi connectivity index (χ3v) is 7.11. The van der Waals surface area contributed by atoms with Crippen LogP contribution in [-0.4, -0.2) is 54.7 Å². The third-order valence-electron chi connectivity index (χ3n) is 7.11. The zero-order chi connectivity index (χ0) is 24.0. The predicted octanol–water partition coefficient (Wildman–Crippen LogP) is 4.79. The average Bonchev–Trinajstić information content (AvgIpc) is 3.44. The van der Waals surface area contributed by atoms with E-state index in [0.29, 0.717) is 11.8 Å². The summed E-state index contributed by atoms with van der Waals surface area (Å²) in [5, 5.41) is 15.2. The molecule has 1 amide bonds. The highest BCUT2D eigenvalue weighted by molar-refractivity contribution is 5.94. The first kappa shape index (κ1) is 22.6. The molecule has 7 nitrogen and oxygen atoms in total. The van der Waals surface area contributed by atoms with Crippen molar-refractivity contribution in [3.05, 3.63) is 53.5 Å². The van der Waals surface area contributed by atoms with Gasteiger partial charge in [-0.15, -0.1) is 0 Å². The molecule has 1 aromatic carbocycles. The molecule has 5 rings (SSSR count). The van der Waals surface area contributed by atoms with Crippen LogP contribution in [0.1, 0.15) is 68.7 Å². The van der Waals surface area contributed by atoms with Crippen molar-refractivity contribution in [1.82, 2.24) is 24.5 Å². The molecular formula is C27H33N5O2. The van der Waals surface area contributed by atoms with Gasteiger partial charge in [0.2, 0.25) is 5.91 Å². The van der Waals surface area contributed by atoms with Gasteiger partial charge in [-0.2, -0.15) is 5.10 Å². The standard InChI is InChI=1S/C27H33N5O2/c1-16(2)25-22-14-20(19-9-11-31(12-10-19)24(34)13-18(4)33)6-8-23(22)30-26(25)21-7-5-17(3)32-27(21)28-15-29-32/h5-8,14-16,18-19,30,33H,9-13H2,1-4H3/t18-/m0/s1. The highest BCUT2D eigenvalue weighted by Gasteiger charge is 2.26. The first-order chi connectivity index (χ1) is 16.3. The van der Waals surface area contributed by atoms with Crippen LogP contribution < -0.4 is 0 Å². The van der Waals surface area contributed by atoms with Gasteiger partial charge in [-0.25, -0.2) is 9.50 Å². The number of aliphatic hydroxyl groups excluding tert-OH is 1. The van der Waals surface area contributed by atoms with E-state index >= 15 is 0 Å². The number of pyridine rings is 1. The van der Waals surface area contributed by atoms with Crippen LogP contribution in [0.2, 0.25) is 0 Å². The number of H-pyrrole nitrogens is 1. The first-order valence-electron chi connectivity index (χ1n) is 12.2. The number of piperidine rings is 1. The van der Waals surface area contributed by atoms with E-state index in [1.165, 1.54) is 16.5 Å². The number of hydrogen-bond donors (Lipinski definition) is 2. The van der Waals surface area contributed by atoms with Gasteiger partial charge < -0.3 is 15.0 Å². The molecule has 0 bridgehead atoms. The number of hydrogen-bond acceptors (Lipinski definition) is 4. The Kier molecular flexibility index (Phi) is 5.90. The van der Waals surface area contributed by atoms with Crippen molar-refractivity contribution in [3.63, 3.8) is 0 Å². The second kappa shape index (κ2) is 8.87.